The molecule has 1 saturated carbocycles. The smallest absolute Gasteiger partial charge is 0.330 e. The Morgan fingerprint density at radius 1 is 1.09 bits per heavy atom. The van der Waals surface area contributed by atoms with Crippen molar-refractivity contribution in [1.29, 1.82) is 0 Å². The van der Waals surface area contributed by atoms with Gasteiger partial charge < -0.3 is 14.2 Å². The van der Waals surface area contributed by atoms with Crippen LogP contribution in [0.1, 0.15) is 71.0 Å². The van der Waals surface area contributed by atoms with Crippen molar-refractivity contribution in [1.82, 2.24) is 24.0 Å². The summed E-state index contributed by atoms with van der Waals surface area (Å²) in [5, 5.41) is 0. The Bertz CT molecular complexity index is 1140. The predicted octanol–water partition coefficient (Wildman–Crippen LogP) is 1.93. The highest BCUT2D eigenvalue weighted by molar-refractivity contribution is 5.87. The first-order valence-corrected chi connectivity index (χ1v) is 12.1. The third kappa shape index (κ3) is 4.60. The lowest BCUT2D eigenvalue weighted by Crippen LogP contribution is -2.35. The van der Waals surface area contributed by atoms with Gasteiger partial charge in [0.2, 0.25) is 5.91 Å². The summed E-state index contributed by atoms with van der Waals surface area (Å²) >= 11 is 0. The second-order valence-corrected chi connectivity index (χ2v) is 9.11. The van der Waals surface area contributed by atoms with Crippen molar-refractivity contribution in [2.45, 2.75) is 91.0 Å². The Morgan fingerprint density at radius 2 is 1.85 bits per heavy atom. The van der Waals surface area contributed by atoms with E-state index in [0.717, 1.165) is 44.9 Å². The van der Waals surface area contributed by atoms with Gasteiger partial charge in [0.1, 0.15) is 12.4 Å². The molecule has 10 heteroatoms. The number of hydrogen-bond acceptors (Lipinski definition) is 6. The number of nitrogens with one attached hydrogen (secondary N) is 1. The third-order valence-corrected chi connectivity index (χ3v) is 6.75. The fourth-order valence-electron chi connectivity index (χ4n) is 5.03. The number of imidazole rings is 1. The molecular weight excluding hydrogens is 426 g/mol. The van der Waals surface area contributed by atoms with Crippen LogP contribution in [0.4, 0.5) is 0 Å². The molecule has 2 fully saturated rings. The minimum atomic E-state index is -0.491. The van der Waals surface area contributed by atoms with Crippen molar-refractivity contribution in [2.75, 3.05) is 6.54 Å². The lowest BCUT2D eigenvalue weighted by Gasteiger charge is -2.23. The summed E-state index contributed by atoms with van der Waals surface area (Å²) in [6, 6.07) is 0.246. The fourth-order valence-corrected chi connectivity index (χ4v) is 5.03. The number of carbonyl (C=O) groups excluding carboxylic acids is 2. The average Bonchev–Trinajstić information content (AvgIpc) is 3.51. The zero-order valence-electron chi connectivity index (χ0n) is 19.5. The molecule has 3 heterocycles. The largest absolute Gasteiger partial charge is 0.457 e. The molecule has 1 aliphatic heterocycles. The Balaban J connectivity index is 1.54. The summed E-state index contributed by atoms with van der Waals surface area (Å²) in [5.41, 5.74) is -0.334. The van der Waals surface area contributed by atoms with Crippen LogP contribution in [0.5, 0.6) is 0 Å². The van der Waals surface area contributed by atoms with E-state index in [1.54, 1.807) is 4.57 Å². The fraction of sp³-hybridized carbons (Fsp3) is 0.696. The number of aromatic nitrogens is 4. The molecule has 4 rings (SSSR count). The van der Waals surface area contributed by atoms with Gasteiger partial charge in [-0.15, -0.1) is 0 Å². The summed E-state index contributed by atoms with van der Waals surface area (Å²) in [4.78, 5) is 59.0. The Hall–Kier alpha value is -2.91. The maximum Gasteiger partial charge on any atom is 0.330 e. The molecule has 1 unspecified atom stereocenters. The normalized spacial score (nSPS) is 19.2. The Labute approximate surface area is 191 Å². The first-order valence-electron chi connectivity index (χ1n) is 12.1. The van der Waals surface area contributed by atoms with E-state index in [1.165, 1.54) is 4.57 Å². The van der Waals surface area contributed by atoms with Crippen molar-refractivity contribution in [2.24, 2.45) is 5.92 Å². The number of likely N-dealkylation sites (tertiary alicyclic amines) is 1. The van der Waals surface area contributed by atoms with Gasteiger partial charge in [0, 0.05) is 32.1 Å². The highest BCUT2D eigenvalue weighted by Gasteiger charge is 2.39. The maximum absolute atomic E-state index is 12.8. The van der Waals surface area contributed by atoms with Crippen molar-refractivity contribution in [3.8, 4) is 0 Å². The highest BCUT2D eigenvalue weighted by atomic mass is 16.5. The van der Waals surface area contributed by atoms with Crippen LogP contribution in [-0.4, -0.2) is 48.5 Å². The first-order chi connectivity index (χ1) is 15.9. The van der Waals surface area contributed by atoms with Crippen LogP contribution in [-0.2, 0) is 34.0 Å². The van der Waals surface area contributed by atoms with Crippen LogP contribution < -0.4 is 11.2 Å². The molecular formula is C23H33N5O5. The molecule has 1 atom stereocenters. The highest BCUT2D eigenvalue weighted by Crippen LogP contribution is 2.30. The minimum absolute atomic E-state index is 0.0218. The lowest BCUT2D eigenvalue weighted by atomic mass is 10.1. The van der Waals surface area contributed by atoms with E-state index in [1.807, 2.05) is 18.7 Å². The number of rotatable bonds is 9. The van der Waals surface area contributed by atoms with Gasteiger partial charge in [-0.05, 0) is 25.7 Å². The number of fused-ring (bicyclic) bond motifs is 1. The summed E-state index contributed by atoms with van der Waals surface area (Å²) in [5.74, 6) is -0.448. The number of carbonyl (C=O) groups is 2. The predicted molar refractivity (Wildman–Crippen MR) is 122 cm³/mol. The van der Waals surface area contributed by atoms with Gasteiger partial charge in [0.25, 0.3) is 5.56 Å². The number of aromatic amines is 1. The van der Waals surface area contributed by atoms with Crippen molar-refractivity contribution >= 4 is 23.0 Å². The van der Waals surface area contributed by atoms with E-state index in [9.17, 15) is 19.2 Å². The number of ether oxygens (including phenoxy) is 1. The van der Waals surface area contributed by atoms with E-state index >= 15 is 0 Å². The Kier molecular flexibility index (Phi) is 6.99. The van der Waals surface area contributed by atoms with Gasteiger partial charge >= 0.3 is 11.7 Å². The van der Waals surface area contributed by atoms with Crippen LogP contribution >= 0.6 is 0 Å². The third-order valence-electron chi connectivity index (χ3n) is 6.75. The van der Waals surface area contributed by atoms with Gasteiger partial charge in [-0.25, -0.2) is 9.78 Å². The SMILES string of the molecule is CCCCn1c(=O)[nH]c(=O)c2c1nc(COC(=O)C1CC(=O)N(C3CCCC3)C1)n2CCC. The van der Waals surface area contributed by atoms with E-state index in [0.29, 0.717) is 36.6 Å². The monoisotopic (exact) mass is 459 g/mol. The van der Waals surface area contributed by atoms with Gasteiger partial charge in [-0.2, -0.15) is 0 Å². The number of hydrogen-bond donors (Lipinski definition) is 1. The molecule has 2 aliphatic rings. The van der Waals surface area contributed by atoms with Crippen molar-refractivity contribution < 1.29 is 14.3 Å². The second kappa shape index (κ2) is 9.93. The molecule has 0 aromatic carbocycles. The standard InChI is InChI=1S/C23H33N5O5/c1-3-5-11-27-20-19(21(30)25-23(27)32)26(10-4-2)17(24-20)14-33-22(31)15-12-18(29)28(13-15)16-8-6-7-9-16/h15-16H,3-14H2,1-2H3,(H,25,30,32). The lowest BCUT2D eigenvalue weighted by molar-refractivity contribution is -0.150. The Morgan fingerprint density at radius 3 is 2.55 bits per heavy atom. The van der Waals surface area contributed by atoms with Crippen LogP contribution in [0.2, 0.25) is 0 Å². The number of H-pyrrole nitrogens is 1. The topological polar surface area (TPSA) is 119 Å². The molecule has 2 aromatic rings. The number of esters is 1. The van der Waals surface area contributed by atoms with E-state index in [4.69, 9.17) is 4.74 Å². The molecule has 0 spiro atoms. The molecule has 1 saturated heterocycles. The van der Waals surface area contributed by atoms with Crippen molar-refractivity contribution in [3.63, 3.8) is 0 Å². The van der Waals surface area contributed by atoms with Crippen molar-refractivity contribution in [3.05, 3.63) is 26.7 Å². The summed E-state index contributed by atoms with van der Waals surface area (Å²) in [6.07, 6.45) is 6.85. The number of amides is 1. The molecule has 1 amide bonds. The molecule has 0 bridgehead atoms. The number of aryl methyl sites for hydroxylation is 2. The first kappa shape index (κ1) is 23.3. The molecule has 10 nitrogen and oxygen atoms in total. The zero-order valence-corrected chi connectivity index (χ0v) is 19.5. The van der Waals surface area contributed by atoms with Gasteiger partial charge in [0.15, 0.2) is 11.2 Å². The molecule has 33 heavy (non-hydrogen) atoms. The zero-order chi connectivity index (χ0) is 23.5. The van der Waals surface area contributed by atoms with E-state index in [2.05, 4.69) is 9.97 Å². The van der Waals surface area contributed by atoms with Gasteiger partial charge in [0.05, 0.1) is 5.92 Å². The summed E-state index contributed by atoms with van der Waals surface area (Å²) in [6.45, 7) is 5.26. The molecule has 0 radical (unpaired) electrons. The quantitative estimate of drug-likeness (QED) is 0.572. The number of nitrogens with zero attached hydrogens (tertiary/aromatic N) is 4. The molecule has 180 valence electrons. The minimum Gasteiger partial charge on any atom is -0.457 e. The van der Waals surface area contributed by atoms with Gasteiger partial charge in [-0.3, -0.25) is 23.9 Å². The van der Waals surface area contributed by atoms with Gasteiger partial charge in [-0.1, -0.05) is 33.1 Å². The summed E-state index contributed by atoms with van der Waals surface area (Å²) in [7, 11) is 0. The van der Waals surface area contributed by atoms with Crippen LogP contribution in [0, 0.1) is 5.92 Å². The van der Waals surface area contributed by atoms with E-state index < -0.39 is 23.1 Å². The number of unbranched alkanes of at least 4 members (excludes halogenated alkanes) is 1. The molecule has 2 aromatic heterocycles. The van der Waals surface area contributed by atoms with Crippen LogP contribution in [0.15, 0.2) is 9.59 Å². The molecule has 1 aliphatic carbocycles. The molecule has 1 N–H and O–H groups in total. The summed E-state index contributed by atoms with van der Waals surface area (Å²) < 4.78 is 8.79. The van der Waals surface area contributed by atoms with Crippen LogP contribution in [0.25, 0.3) is 11.2 Å². The van der Waals surface area contributed by atoms with Crippen LogP contribution in [0.3, 0.4) is 0 Å². The maximum atomic E-state index is 12.8. The van der Waals surface area contributed by atoms with E-state index in [-0.39, 0.29) is 25.0 Å². The second-order valence-electron chi connectivity index (χ2n) is 9.11. The average molecular weight is 460 g/mol.